The van der Waals surface area contributed by atoms with Gasteiger partial charge in [-0.3, -0.25) is 4.79 Å². The van der Waals surface area contributed by atoms with Crippen molar-refractivity contribution in [1.82, 2.24) is 9.38 Å². The molecule has 0 fully saturated rings. The van der Waals surface area contributed by atoms with E-state index in [1.165, 1.54) is 4.40 Å². The summed E-state index contributed by atoms with van der Waals surface area (Å²) >= 11 is 9.17. The number of halogens is 2. The fourth-order valence-corrected chi connectivity index (χ4v) is 2.19. The van der Waals surface area contributed by atoms with E-state index in [1.54, 1.807) is 18.2 Å². The van der Waals surface area contributed by atoms with Gasteiger partial charge in [0, 0.05) is 0 Å². The Morgan fingerprint density at radius 3 is 2.93 bits per heavy atom. The van der Waals surface area contributed by atoms with Crippen LogP contribution in [0.2, 0.25) is 5.15 Å². The van der Waals surface area contributed by atoms with Crippen LogP contribution in [0.4, 0.5) is 0 Å². The van der Waals surface area contributed by atoms with Crippen molar-refractivity contribution in [3.8, 4) is 0 Å². The number of pyridine rings is 1. The first-order chi connectivity index (χ1) is 7.15. The highest BCUT2D eigenvalue weighted by atomic mass is 79.9. The molecule has 0 N–H and O–H groups in total. The summed E-state index contributed by atoms with van der Waals surface area (Å²) in [5, 5.41) is 0.369. The Balaban J connectivity index is 2.98. The van der Waals surface area contributed by atoms with Gasteiger partial charge in [-0.05, 0) is 34.5 Å². The van der Waals surface area contributed by atoms with E-state index in [4.69, 9.17) is 11.6 Å². The van der Waals surface area contributed by atoms with E-state index in [-0.39, 0.29) is 5.56 Å². The Hall–Kier alpha value is -0.870. The lowest BCUT2D eigenvalue weighted by molar-refractivity contribution is 0.949. The van der Waals surface area contributed by atoms with E-state index >= 15 is 0 Å². The van der Waals surface area contributed by atoms with Gasteiger partial charge in [-0.2, -0.15) is 0 Å². The number of hydrogen-bond acceptors (Lipinski definition) is 2. The van der Waals surface area contributed by atoms with Gasteiger partial charge in [-0.25, -0.2) is 9.38 Å². The van der Waals surface area contributed by atoms with Crippen molar-refractivity contribution in [2.75, 3.05) is 0 Å². The van der Waals surface area contributed by atoms with Crippen LogP contribution < -0.4 is 5.56 Å². The third-order valence-electron chi connectivity index (χ3n) is 2.15. The van der Waals surface area contributed by atoms with Crippen molar-refractivity contribution in [3.63, 3.8) is 0 Å². The van der Waals surface area contributed by atoms with E-state index < -0.39 is 0 Å². The highest BCUT2D eigenvalue weighted by Crippen LogP contribution is 2.15. The van der Waals surface area contributed by atoms with Gasteiger partial charge in [0.2, 0.25) is 0 Å². The minimum atomic E-state index is -0.164. The van der Waals surface area contributed by atoms with Gasteiger partial charge in [-0.15, -0.1) is 0 Å². The second kappa shape index (κ2) is 3.94. The molecule has 0 radical (unpaired) electrons. The second-order valence-corrected chi connectivity index (χ2v) is 4.25. The van der Waals surface area contributed by atoms with Crippen LogP contribution in [-0.2, 0) is 6.42 Å². The van der Waals surface area contributed by atoms with Crippen molar-refractivity contribution >= 4 is 33.2 Å². The highest BCUT2D eigenvalue weighted by molar-refractivity contribution is 9.10. The molecule has 0 aliphatic heterocycles. The summed E-state index contributed by atoms with van der Waals surface area (Å²) in [5.41, 5.74) is 1.16. The van der Waals surface area contributed by atoms with Crippen molar-refractivity contribution in [2.45, 2.75) is 13.3 Å². The van der Waals surface area contributed by atoms with Crippen LogP contribution in [-0.4, -0.2) is 9.38 Å². The molecule has 0 amide bonds. The molecule has 0 saturated carbocycles. The fraction of sp³-hybridized carbons (Fsp3) is 0.200. The van der Waals surface area contributed by atoms with E-state index in [0.717, 1.165) is 5.69 Å². The fourth-order valence-electron chi connectivity index (χ4n) is 1.40. The van der Waals surface area contributed by atoms with E-state index in [1.807, 2.05) is 6.92 Å². The van der Waals surface area contributed by atoms with Crippen LogP contribution in [0.5, 0.6) is 0 Å². The molecule has 5 heteroatoms. The smallest absolute Gasteiger partial charge is 0.268 e. The zero-order valence-electron chi connectivity index (χ0n) is 8.00. The SMILES string of the molecule is CCc1nc2cccc(Cl)n2c(=O)c1Br. The molecule has 3 nitrogen and oxygen atoms in total. The molecule has 0 spiro atoms. The Labute approximate surface area is 99.8 Å². The van der Waals surface area contributed by atoms with Crippen molar-refractivity contribution in [2.24, 2.45) is 0 Å². The van der Waals surface area contributed by atoms with Gasteiger partial charge >= 0.3 is 0 Å². The Bertz CT molecular complexity index is 579. The van der Waals surface area contributed by atoms with E-state index in [0.29, 0.717) is 21.7 Å². The molecule has 2 rings (SSSR count). The first kappa shape index (κ1) is 10.6. The largest absolute Gasteiger partial charge is 0.273 e. The summed E-state index contributed by atoms with van der Waals surface area (Å²) in [4.78, 5) is 16.3. The zero-order valence-corrected chi connectivity index (χ0v) is 10.3. The van der Waals surface area contributed by atoms with Gasteiger partial charge in [0.05, 0.1) is 5.69 Å². The van der Waals surface area contributed by atoms with Crippen LogP contribution in [0, 0.1) is 0 Å². The Kier molecular flexibility index (Phi) is 2.80. The standard InChI is InChI=1S/C10H8BrClN2O/c1-2-6-9(11)10(15)14-7(12)4-3-5-8(14)13-6/h3-5H,2H2,1H3. The molecule has 78 valence electrons. The van der Waals surface area contributed by atoms with Crippen LogP contribution >= 0.6 is 27.5 Å². The molecule has 0 aromatic carbocycles. The summed E-state index contributed by atoms with van der Waals surface area (Å²) in [6.45, 7) is 1.95. The van der Waals surface area contributed by atoms with Gasteiger partial charge in [0.25, 0.3) is 5.56 Å². The average Bonchev–Trinajstić information content (AvgIpc) is 2.23. The van der Waals surface area contributed by atoms with Gasteiger partial charge in [-0.1, -0.05) is 24.6 Å². The molecule has 15 heavy (non-hydrogen) atoms. The van der Waals surface area contributed by atoms with Crippen LogP contribution in [0.1, 0.15) is 12.6 Å². The van der Waals surface area contributed by atoms with Crippen molar-refractivity contribution in [1.29, 1.82) is 0 Å². The van der Waals surface area contributed by atoms with E-state index in [9.17, 15) is 4.79 Å². The Morgan fingerprint density at radius 1 is 1.53 bits per heavy atom. The van der Waals surface area contributed by atoms with Crippen molar-refractivity contribution in [3.05, 3.63) is 43.9 Å². The molecule has 0 bridgehead atoms. The number of hydrogen-bond donors (Lipinski definition) is 0. The quantitative estimate of drug-likeness (QED) is 0.756. The third-order valence-corrected chi connectivity index (χ3v) is 3.24. The zero-order chi connectivity index (χ0) is 11.0. The van der Waals surface area contributed by atoms with Gasteiger partial charge < -0.3 is 0 Å². The maximum Gasteiger partial charge on any atom is 0.273 e. The topological polar surface area (TPSA) is 34.4 Å². The molecule has 2 aromatic heterocycles. The average molecular weight is 288 g/mol. The lowest BCUT2D eigenvalue weighted by Crippen LogP contribution is -2.18. The highest BCUT2D eigenvalue weighted by Gasteiger charge is 2.09. The van der Waals surface area contributed by atoms with Crippen molar-refractivity contribution < 1.29 is 0 Å². The van der Waals surface area contributed by atoms with Gasteiger partial charge in [0.1, 0.15) is 15.3 Å². The molecule has 0 unspecified atom stereocenters. The molecule has 0 aliphatic carbocycles. The van der Waals surface area contributed by atoms with Crippen LogP contribution in [0.15, 0.2) is 27.5 Å². The molecule has 0 saturated heterocycles. The monoisotopic (exact) mass is 286 g/mol. The number of aromatic nitrogens is 2. The number of nitrogens with zero attached hydrogens (tertiary/aromatic N) is 2. The minimum Gasteiger partial charge on any atom is -0.268 e. The maximum atomic E-state index is 11.9. The second-order valence-electron chi connectivity index (χ2n) is 3.07. The normalized spacial score (nSPS) is 10.9. The summed E-state index contributed by atoms with van der Waals surface area (Å²) in [5.74, 6) is 0. The summed E-state index contributed by atoms with van der Waals surface area (Å²) in [6.07, 6.45) is 0.707. The number of fused-ring (bicyclic) bond motifs is 1. The predicted octanol–water partition coefficient (Wildman–Crippen LogP) is 2.67. The maximum absolute atomic E-state index is 11.9. The lowest BCUT2D eigenvalue weighted by Gasteiger charge is -2.06. The molecule has 2 aromatic rings. The number of aryl methyl sites for hydroxylation is 1. The lowest BCUT2D eigenvalue weighted by atomic mass is 10.3. The molecular weight excluding hydrogens is 279 g/mol. The van der Waals surface area contributed by atoms with Gasteiger partial charge in [0.15, 0.2) is 0 Å². The first-order valence-corrected chi connectivity index (χ1v) is 5.68. The molecule has 2 heterocycles. The summed E-state index contributed by atoms with van der Waals surface area (Å²) in [6, 6.07) is 5.20. The third kappa shape index (κ3) is 1.68. The summed E-state index contributed by atoms with van der Waals surface area (Å²) in [7, 11) is 0. The minimum absolute atomic E-state index is 0.164. The first-order valence-electron chi connectivity index (χ1n) is 4.50. The number of rotatable bonds is 1. The molecular formula is C10H8BrClN2O. The molecule has 0 aliphatic rings. The Morgan fingerprint density at radius 2 is 2.27 bits per heavy atom. The predicted molar refractivity (Wildman–Crippen MR) is 63.6 cm³/mol. The van der Waals surface area contributed by atoms with Crippen LogP contribution in [0.25, 0.3) is 5.65 Å². The molecule has 0 atom stereocenters. The summed E-state index contributed by atoms with van der Waals surface area (Å²) < 4.78 is 1.86. The van der Waals surface area contributed by atoms with Crippen LogP contribution in [0.3, 0.4) is 0 Å². The van der Waals surface area contributed by atoms with E-state index in [2.05, 4.69) is 20.9 Å².